The highest BCUT2D eigenvalue weighted by Crippen LogP contribution is 2.22. The number of aromatic amines is 1. The van der Waals surface area contributed by atoms with Crippen molar-refractivity contribution in [3.05, 3.63) is 18.0 Å². The van der Waals surface area contributed by atoms with Crippen molar-refractivity contribution < 1.29 is 9.47 Å². The summed E-state index contributed by atoms with van der Waals surface area (Å²) in [7, 11) is 1.75. The normalized spacial score (nSPS) is 27.1. The number of hydrogen-bond donors (Lipinski definition) is 2. The maximum Gasteiger partial charge on any atom is 0.106 e. The van der Waals surface area contributed by atoms with E-state index in [1.54, 1.807) is 13.3 Å². The summed E-state index contributed by atoms with van der Waals surface area (Å²) < 4.78 is 10.9. The van der Waals surface area contributed by atoms with Gasteiger partial charge in [0.2, 0.25) is 0 Å². The minimum absolute atomic E-state index is 0.158. The fraction of sp³-hybridized carbons (Fsp3) is 0.727. The Bertz CT molecular complexity index is 307. The monoisotopic (exact) mass is 225 g/mol. The van der Waals surface area contributed by atoms with Crippen molar-refractivity contribution in [3.63, 3.8) is 0 Å². The van der Waals surface area contributed by atoms with Crippen molar-refractivity contribution in [2.75, 3.05) is 26.9 Å². The number of hydrogen-bond acceptors (Lipinski definition) is 4. The number of H-pyrrole nitrogens is 1. The Morgan fingerprint density at radius 3 is 3.19 bits per heavy atom. The quantitative estimate of drug-likeness (QED) is 0.780. The zero-order valence-electron chi connectivity index (χ0n) is 9.82. The summed E-state index contributed by atoms with van der Waals surface area (Å²) in [6.07, 6.45) is 2.71. The van der Waals surface area contributed by atoms with Crippen LogP contribution in [0.4, 0.5) is 0 Å². The SMILES string of the molecule is COC1(CNC(C)c2ccn[nH]2)CCOC1. The number of nitrogens with zero attached hydrogens (tertiary/aromatic N) is 1. The van der Waals surface area contributed by atoms with Gasteiger partial charge in [-0.15, -0.1) is 0 Å². The summed E-state index contributed by atoms with van der Waals surface area (Å²) in [5.74, 6) is 0. The molecule has 0 bridgehead atoms. The predicted molar refractivity (Wildman–Crippen MR) is 60.2 cm³/mol. The highest BCUT2D eigenvalue weighted by atomic mass is 16.5. The maximum atomic E-state index is 5.55. The fourth-order valence-corrected chi connectivity index (χ4v) is 1.92. The van der Waals surface area contributed by atoms with Gasteiger partial charge in [0.1, 0.15) is 5.60 Å². The van der Waals surface area contributed by atoms with Gasteiger partial charge in [0.15, 0.2) is 0 Å². The summed E-state index contributed by atoms with van der Waals surface area (Å²) in [5.41, 5.74) is 0.930. The second-order valence-corrected chi connectivity index (χ2v) is 4.30. The Labute approximate surface area is 95.5 Å². The molecule has 2 rings (SSSR count). The Balaban J connectivity index is 1.86. The van der Waals surface area contributed by atoms with Gasteiger partial charge in [-0.3, -0.25) is 5.10 Å². The Kier molecular flexibility index (Phi) is 3.58. The van der Waals surface area contributed by atoms with E-state index < -0.39 is 0 Å². The minimum Gasteiger partial charge on any atom is -0.378 e. The lowest BCUT2D eigenvalue weighted by molar-refractivity contribution is -0.0172. The van der Waals surface area contributed by atoms with Crippen molar-refractivity contribution in [2.45, 2.75) is 25.0 Å². The lowest BCUT2D eigenvalue weighted by Crippen LogP contribution is -2.43. The summed E-state index contributed by atoms with van der Waals surface area (Å²) in [4.78, 5) is 0. The molecule has 0 aromatic carbocycles. The van der Waals surface area contributed by atoms with Crippen LogP contribution in [0.15, 0.2) is 12.3 Å². The van der Waals surface area contributed by atoms with Crippen molar-refractivity contribution in [3.8, 4) is 0 Å². The molecule has 0 aliphatic carbocycles. The molecule has 1 saturated heterocycles. The van der Waals surface area contributed by atoms with Crippen LogP contribution >= 0.6 is 0 Å². The Morgan fingerprint density at radius 2 is 2.62 bits per heavy atom. The van der Waals surface area contributed by atoms with Gasteiger partial charge < -0.3 is 14.8 Å². The van der Waals surface area contributed by atoms with Crippen LogP contribution in [-0.2, 0) is 9.47 Å². The minimum atomic E-state index is -0.158. The van der Waals surface area contributed by atoms with Crippen LogP contribution in [-0.4, -0.2) is 42.7 Å². The van der Waals surface area contributed by atoms with E-state index in [0.29, 0.717) is 6.61 Å². The third-order valence-corrected chi connectivity index (χ3v) is 3.22. The molecular formula is C11H19N3O2. The molecule has 1 aliphatic heterocycles. The second-order valence-electron chi connectivity index (χ2n) is 4.30. The van der Waals surface area contributed by atoms with Gasteiger partial charge in [0, 0.05) is 38.9 Å². The molecule has 16 heavy (non-hydrogen) atoms. The highest BCUT2D eigenvalue weighted by molar-refractivity contribution is 5.03. The maximum absolute atomic E-state index is 5.55. The standard InChI is InChI=1S/C11H19N3O2/c1-9(10-3-5-13-14-10)12-7-11(15-2)4-6-16-8-11/h3,5,9,12H,4,6-8H2,1-2H3,(H,13,14). The van der Waals surface area contributed by atoms with E-state index in [9.17, 15) is 0 Å². The van der Waals surface area contributed by atoms with Crippen LogP contribution in [0.1, 0.15) is 25.1 Å². The molecule has 2 atom stereocenters. The van der Waals surface area contributed by atoms with E-state index in [2.05, 4.69) is 22.4 Å². The lowest BCUT2D eigenvalue weighted by Gasteiger charge is -2.27. The van der Waals surface area contributed by atoms with Gasteiger partial charge in [-0.05, 0) is 13.0 Å². The number of nitrogens with one attached hydrogen (secondary N) is 2. The van der Waals surface area contributed by atoms with Crippen molar-refractivity contribution in [1.29, 1.82) is 0 Å². The molecule has 0 saturated carbocycles. The largest absolute Gasteiger partial charge is 0.378 e. The van der Waals surface area contributed by atoms with Crippen LogP contribution in [0.2, 0.25) is 0 Å². The molecule has 2 N–H and O–H groups in total. The molecule has 2 heterocycles. The van der Waals surface area contributed by atoms with Crippen LogP contribution < -0.4 is 5.32 Å². The third-order valence-electron chi connectivity index (χ3n) is 3.22. The van der Waals surface area contributed by atoms with Gasteiger partial charge in [0.05, 0.1) is 12.3 Å². The van der Waals surface area contributed by atoms with Gasteiger partial charge in [-0.2, -0.15) is 5.10 Å². The number of methoxy groups -OCH3 is 1. The first-order chi connectivity index (χ1) is 7.76. The lowest BCUT2D eigenvalue weighted by atomic mass is 10.0. The molecule has 5 heteroatoms. The van der Waals surface area contributed by atoms with Gasteiger partial charge in [-0.1, -0.05) is 0 Å². The molecule has 0 radical (unpaired) electrons. The van der Waals surface area contributed by atoms with Crippen molar-refractivity contribution >= 4 is 0 Å². The van der Waals surface area contributed by atoms with Gasteiger partial charge >= 0.3 is 0 Å². The summed E-state index contributed by atoms with van der Waals surface area (Å²) >= 11 is 0. The van der Waals surface area contributed by atoms with E-state index in [0.717, 1.165) is 25.3 Å². The first kappa shape index (κ1) is 11.6. The molecule has 1 aromatic rings. The number of ether oxygens (including phenoxy) is 2. The first-order valence-electron chi connectivity index (χ1n) is 5.61. The van der Waals surface area contributed by atoms with Crippen molar-refractivity contribution in [2.24, 2.45) is 0 Å². The zero-order valence-corrected chi connectivity index (χ0v) is 9.82. The van der Waals surface area contributed by atoms with E-state index in [1.807, 2.05) is 6.07 Å². The van der Waals surface area contributed by atoms with Gasteiger partial charge in [0.25, 0.3) is 0 Å². The first-order valence-corrected chi connectivity index (χ1v) is 5.61. The highest BCUT2D eigenvalue weighted by Gasteiger charge is 2.34. The van der Waals surface area contributed by atoms with Gasteiger partial charge in [-0.25, -0.2) is 0 Å². The zero-order chi connectivity index (χ0) is 11.4. The predicted octanol–water partition coefficient (Wildman–Crippen LogP) is 0.866. The Morgan fingerprint density at radius 1 is 1.75 bits per heavy atom. The average molecular weight is 225 g/mol. The van der Waals surface area contributed by atoms with E-state index in [4.69, 9.17) is 9.47 Å². The smallest absolute Gasteiger partial charge is 0.106 e. The summed E-state index contributed by atoms with van der Waals surface area (Å²) in [5, 5.41) is 10.3. The van der Waals surface area contributed by atoms with Crippen LogP contribution in [0.3, 0.4) is 0 Å². The van der Waals surface area contributed by atoms with Crippen LogP contribution in [0, 0.1) is 0 Å². The molecular weight excluding hydrogens is 206 g/mol. The molecule has 90 valence electrons. The molecule has 2 unspecified atom stereocenters. The molecule has 0 amide bonds. The number of rotatable bonds is 5. The molecule has 1 aromatic heterocycles. The second kappa shape index (κ2) is 4.95. The Hall–Kier alpha value is -0.910. The molecule has 1 fully saturated rings. The van der Waals surface area contributed by atoms with E-state index in [-0.39, 0.29) is 11.6 Å². The van der Waals surface area contributed by atoms with E-state index in [1.165, 1.54) is 0 Å². The molecule has 0 spiro atoms. The average Bonchev–Trinajstić information content (AvgIpc) is 2.98. The number of aromatic nitrogens is 2. The molecule has 1 aliphatic rings. The van der Waals surface area contributed by atoms with Crippen LogP contribution in [0.5, 0.6) is 0 Å². The van der Waals surface area contributed by atoms with Crippen LogP contribution in [0.25, 0.3) is 0 Å². The van der Waals surface area contributed by atoms with Crippen molar-refractivity contribution in [1.82, 2.24) is 15.5 Å². The summed E-state index contributed by atoms with van der Waals surface area (Å²) in [6.45, 7) is 4.36. The van der Waals surface area contributed by atoms with E-state index >= 15 is 0 Å². The molecule has 5 nitrogen and oxygen atoms in total. The third kappa shape index (κ3) is 2.42. The summed E-state index contributed by atoms with van der Waals surface area (Å²) in [6, 6.07) is 2.22. The topological polar surface area (TPSA) is 59.2 Å². The fourth-order valence-electron chi connectivity index (χ4n) is 1.92.